The smallest absolute Gasteiger partial charge is 0.131 e. The Morgan fingerprint density at radius 3 is 2.88 bits per heavy atom. The molecule has 1 aromatic carbocycles. The van der Waals surface area contributed by atoms with Gasteiger partial charge in [-0.05, 0) is 31.2 Å². The van der Waals surface area contributed by atoms with E-state index in [1.165, 1.54) is 0 Å². The molecule has 0 radical (unpaired) electrons. The Morgan fingerprint density at radius 1 is 1.38 bits per heavy atom. The molecule has 2 rings (SSSR count). The van der Waals surface area contributed by atoms with Crippen molar-refractivity contribution in [1.29, 1.82) is 0 Å². The second kappa shape index (κ2) is 4.58. The predicted molar refractivity (Wildman–Crippen MR) is 67.1 cm³/mol. The molecule has 0 bridgehead atoms. The van der Waals surface area contributed by atoms with E-state index in [1.807, 2.05) is 13.0 Å². The summed E-state index contributed by atoms with van der Waals surface area (Å²) in [5.41, 5.74) is 1.80. The highest BCUT2D eigenvalue weighted by molar-refractivity contribution is 6.17. The molecule has 0 fully saturated rings. The molecule has 0 saturated heterocycles. The molecule has 1 heterocycles. The molecule has 84 valence electrons. The zero-order chi connectivity index (χ0) is 11.5. The number of nitrogens with zero attached hydrogens (tertiary/aromatic N) is 1. The van der Waals surface area contributed by atoms with Crippen molar-refractivity contribution >= 4 is 28.3 Å². The van der Waals surface area contributed by atoms with Gasteiger partial charge in [-0.3, -0.25) is 0 Å². The molecule has 2 aromatic rings. The van der Waals surface area contributed by atoms with Crippen molar-refractivity contribution < 1.29 is 5.11 Å². The van der Waals surface area contributed by atoms with Crippen molar-refractivity contribution in [3.8, 4) is 5.75 Å². The number of aromatic nitrogens is 1. The molecular weight excluding hydrogens is 224 g/mol. The molecule has 1 aromatic heterocycles. The number of anilines is 1. The topological polar surface area (TPSA) is 45.2 Å². The molecule has 3 nitrogen and oxygen atoms in total. The third-order valence-electron chi connectivity index (χ3n) is 2.37. The highest BCUT2D eigenvalue weighted by Crippen LogP contribution is 2.24. The first-order valence-electron chi connectivity index (χ1n) is 5.17. The lowest BCUT2D eigenvalue weighted by Crippen LogP contribution is -2.02. The Hall–Kier alpha value is -1.48. The van der Waals surface area contributed by atoms with Gasteiger partial charge in [0.2, 0.25) is 0 Å². The van der Waals surface area contributed by atoms with Gasteiger partial charge in [-0.25, -0.2) is 4.98 Å². The summed E-state index contributed by atoms with van der Waals surface area (Å²) < 4.78 is 0. The number of aromatic hydroxyl groups is 1. The molecule has 0 atom stereocenters. The van der Waals surface area contributed by atoms with Crippen LogP contribution in [0.25, 0.3) is 10.9 Å². The summed E-state index contributed by atoms with van der Waals surface area (Å²) in [7, 11) is 0. The summed E-state index contributed by atoms with van der Waals surface area (Å²) in [5, 5.41) is 13.5. The van der Waals surface area contributed by atoms with Gasteiger partial charge >= 0.3 is 0 Å². The Labute approximate surface area is 99.1 Å². The summed E-state index contributed by atoms with van der Waals surface area (Å²) in [6.45, 7) is 2.82. The van der Waals surface area contributed by atoms with E-state index < -0.39 is 0 Å². The van der Waals surface area contributed by atoms with Crippen molar-refractivity contribution in [3.05, 3.63) is 29.8 Å². The Morgan fingerprint density at radius 2 is 2.19 bits per heavy atom. The van der Waals surface area contributed by atoms with Gasteiger partial charge in [0, 0.05) is 17.5 Å². The maximum Gasteiger partial charge on any atom is 0.131 e. The Balaban J connectivity index is 2.60. The van der Waals surface area contributed by atoms with Crippen LogP contribution in [0.4, 0.5) is 5.82 Å². The predicted octanol–water partition coefficient (Wildman–Crippen LogP) is 3.11. The number of nitrogens with one attached hydrogen (secondary N) is 1. The van der Waals surface area contributed by atoms with Gasteiger partial charge < -0.3 is 10.4 Å². The average Bonchev–Trinajstić information content (AvgIpc) is 2.29. The van der Waals surface area contributed by atoms with Crippen LogP contribution in [0.15, 0.2) is 24.3 Å². The zero-order valence-electron chi connectivity index (χ0n) is 9.00. The lowest BCUT2D eigenvalue weighted by Gasteiger charge is -2.09. The van der Waals surface area contributed by atoms with Crippen LogP contribution in [-0.4, -0.2) is 16.6 Å². The van der Waals surface area contributed by atoms with Crippen molar-refractivity contribution in [1.82, 2.24) is 4.98 Å². The minimum atomic E-state index is 0.242. The van der Waals surface area contributed by atoms with E-state index in [2.05, 4.69) is 10.3 Å². The van der Waals surface area contributed by atoms with Crippen LogP contribution in [0.2, 0.25) is 0 Å². The minimum Gasteiger partial charge on any atom is -0.508 e. The number of phenolic OH excluding ortho intramolecular Hbond substituents is 1. The quantitative estimate of drug-likeness (QED) is 0.805. The summed E-state index contributed by atoms with van der Waals surface area (Å²) in [5.74, 6) is 1.46. The van der Waals surface area contributed by atoms with Crippen LogP contribution in [0.5, 0.6) is 5.75 Å². The van der Waals surface area contributed by atoms with Crippen LogP contribution in [0.1, 0.15) is 12.5 Å². The van der Waals surface area contributed by atoms with E-state index in [0.29, 0.717) is 5.88 Å². The van der Waals surface area contributed by atoms with E-state index in [1.54, 1.807) is 18.2 Å². The van der Waals surface area contributed by atoms with Gasteiger partial charge in [0.05, 0.1) is 11.4 Å². The number of fused-ring (bicyclic) bond motifs is 1. The monoisotopic (exact) mass is 236 g/mol. The largest absolute Gasteiger partial charge is 0.508 e. The lowest BCUT2D eigenvalue weighted by molar-refractivity contribution is 0.476. The van der Waals surface area contributed by atoms with Gasteiger partial charge in [-0.1, -0.05) is 0 Å². The number of hydrogen-bond donors (Lipinski definition) is 2. The summed E-state index contributed by atoms with van der Waals surface area (Å²) in [6, 6.07) is 7.07. The van der Waals surface area contributed by atoms with Crippen LogP contribution < -0.4 is 5.32 Å². The van der Waals surface area contributed by atoms with Gasteiger partial charge in [0.1, 0.15) is 11.6 Å². The molecule has 0 saturated carbocycles. The maximum atomic E-state index is 9.39. The average molecular weight is 237 g/mol. The number of halogens is 1. The molecule has 0 aliphatic rings. The van der Waals surface area contributed by atoms with Crippen LogP contribution in [0.3, 0.4) is 0 Å². The van der Waals surface area contributed by atoms with Crippen molar-refractivity contribution in [2.24, 2.45) is 0 Å². The summed E-state index contributed by atoms with van der Waals surface area (Å²) in [4.78, 5) is 4.47. The first-order chi connectivity index (χ1) is 7.74. The van der Waals surface area contributed by atoms with Crippen LogP contribution in [0, 0.1) is 0 Å². The van der Waals surface area contributed by atoms with E-state index in [4.69, 9.17) is 11.6 Å². The Bertz CT molecular complexity index is 514. The Kier molecular flexibility index (Phi) is 3.15. The SMILES string of the molecule is CCNc1nc2ccc(O)cc2cc1CCl. The number of rotatable bonds is 3. The third-order valence-corrected chi connectivity index (χ3v) is 2.65. The van der Waals surface area contributed by atoms with Gasteiger partial charge in [0.25, 0.3) is 0 Å². The highest BCUT2D eigenvalue weighted by atomic mass is 35.5. The number of pyridine rings is 1. The molecule has 0 aliphatic heterocycles. The van der Waals surface area contributed by atoms with Crippen LogP contribution >= 0.6 is 11.6 Å². The normalized spacial score (nSPS) is 10.6. The molecule has 2 N–H and O–H groups in total. The standard InChI is InChI=1S/C12H13ClN2O/c1-2-14-12-9(7-13)5-8-6-10(16)3-4-11(8)15-12/h3-6,16H,2,7H2,1H3,(H,14,15). The lowest BCUT2D eigenvalue weighted by atomic mass is 10.1. The molecular formula is C12H13ClN2O. The first kappa shape index (κ1) is 11.0. The van der Waals surface area contributed by atoms with Gasteiger partial charge in [0.15, 0.2) is 0 Å². The molecule has 4 heteroatoms. The van der Waals surface area contributed by atoms with Crippen molar-refractivity contribution in [3.63, 3.8) is 0 Å². The van der Waals surface area contributed by atoms with E-state index in [9.17, 15) is 5.11 Å². The molecule has 0 spiro atoms. The van der Waals surface area contributed by atoms with Crippen LogP contribution in [-0.2, 0) is 5.88 Å². The molecule has 0 aliphatic carbocycles. The zero-order valence-corrected chi connectivity index (χ0v) is 9.75. The second-order valence-corrected chi connectivity index (χ2v) is 3.80. The second-order valence-electron chi connectivity index (χ2n) is 3.54. The highest BCUT2D eigenvalue weighted by Gasteiger charge is 2.05. The molecule has 0 unspecified atom stereocenters. The van der Waals surface area contributed by atoms with E-state index in [0.717, 1.165) is 28.8 Å². The molecule has 0 amide bonds. The van der Waals surface area contributed by atoms with Crippen molar-refractivity contribution in [2.75, 3.05) is 11.9 Å². The number of phenols is 1. The summed E-state index contributed by atoms with van der Waals surface area (Å²) in [6.07, 6.45) is 0. The van der Waals surface area contributed by atoms with Gasteiger partial charge in [-0.2, -0.15) is 0 Å². The molecule has 16 heavy (non-hydrogen) atoms. The van der Waals surface area contributed by atoms with Gasteiger partial charge in [-0.15, -0.1) is 11.6 Å². The minimum absolute atomic E-state index is 0.242. The summed E-state index contributed by atoms with van der Waals surface area (Å²) >= 11 is 5.87. The van der Waals surface area contributed by atoms with E-state index in [-0.39, 0.29) is 5.75 Å². The fourth-order valence-corrected chi connectivity index (χ4v) is 1.83. The fourth-order valence-electron chi connectivity index (χ4n) is 1.63. The fraction of sp³-hybridized carbons (Fsp3) is 0.250. The first-order valence-corrected chi connectivity index (χ1v) is 5.70. The number of alkyl halides is 1. The number of benzene rings is 1. The maximum absolute atomic E-state index is 9.39. The number of hydrogen-bond acceptors (Lipinski definition) is 3. The third kappa shape index (κ3) is 2.04. The van der Waals surface area contributed by atoms with E-state index >= 15 is 0 Å². The van der Waals surface area contributed by atoms with Crippen molar-refractivity contribution in [2.45, 2.75) is 12.8 Å².